The number of aromatic nitrogens is 1. The van der Waals surface area contributed by atoms with E-state index in [-0.39, 0.29) is 34.4 Å². The van der Waals surface area contributed by atoms with Crippen LogP contribution in [0, 0.1) is 5.82 Å². The normalized spacial score (nSPS) is 17.7. The van der Waals surface area contributed by atoms with E-state index in [1.165, 1.54) is 0 Å². The number of hydrogen-bond donors (Lipinski definition) is 1. The third-order valence-corrected chi connectivity index (χ3v) is 5.41. The SMILES string of the molecule is O=C(OC(=O)C(F)(F)F)C1CCC(C(=O)c2cc(Cl)c(Oc3cnc(OCC(F)(F)F)c(Cl)c3)cc2F)N1. The summed E-state index contributed by atoms with van der Waals surface area (Å²) in [5.41, 5.74) is -0.549. The molecule has 0 bridgehead atoms. The lowest BCUT2D eigenvalue weighted by Gasteiger charge is -2.15. The molecular formula is C21H13Cl2F7N2O6. The summed E-state index contributed by atoms with van der Waals surface area (Å²) in [6.45, 7) is -1.64. The molecule has 1 aromatic carbocycles. The summed E-state index contributed by atoms with van der Waals surface area (Å²) < 4.78 is 102. The number of carbonyl (C=O) groups is 3. The van der Waals surface area contributed by atoms with Crippen molar-refractivity contribution < 1.29 is 59.3 Å². The second-order valence-electron chi connectivity index (χ2n) is 7.65. The molecule has 1 fully saturated rings. The first-order chi connectivity index (χ1) is 17.5. The van der Waals surface area contributed by atoms with Crippen LogP contribution in [0.4, 0.5) is 30.7 Å². The number of ether oxygens (including phenoxy) is 3. The number of rotatable bonds is 7. The van der Waals surface area contributed by atoms with Crippen LogP contribution < -0.4 is 14.8 Å². The van der Waals surface area contributed by atoms with Crippen LogP contribution in [0.15, 0.2) is 24.4 Å². The number of nitrogens with zero attached hydrogens (tertiary/aromatic N) is 1. The molecule has 2 heterocycles. The van der Waals surface area contributed by atoms with Crippen LogP contribution in [-0.4, -0.2) is 53.7 Å². The number of ketones is 1. The van der Waals surface area contributed by atoms with Crippen LogP contribution in [0.25, 0.3) is 0 Å². The summed E-state index contributed by atoms with van der Waals surface area (Å²) in [6.07, 6.45) is -9.36. The van der Waals surface area contributed by atoms with Crippen molar-refractivity contribution in [3.63, 3.8) is 0 Å². The van der Waals surface area contributed by atoms with Gasteiger partial charge in [-0.25, -0.2) is 19.0 Å². The van der Waals surface area contributed by atoms with Gasteiger partial charge in [-0.1, -0.05) is 23.2 Å². The van der Waals surface area contributed by atoms with E-state index in [1.807, 2.05) is 0 Å². The van der Waals surface area contributed by atoms with Crippen molar-refractivity contribution in [1.29, 1.82) is 0 Å². The van der Waals surface area contributed by atoms with Crippen LogP contribution in [0.3, 0.4) is 0 Å². The van der Waals surface area contributed by atoms with E-state index < -0.39 is 66.0 Å². The van der Waals surface area contributed by atoms with E-state index in [4.69, 9.17) is 27.9 Å². The Balaban J connectivity index is 1.67. The summed E-state index contributed by atoms with van der Waals surface area (Å²) in [6, 6.07) is 0.0130. The number of esters is 2. The first kappa shape index (κ1) is 29.4. The topological polar surface area (TPSA) is 104 Å². The maximum atomic E-state index is 14.7. The van der Waals surface area contributed by atoms with E-state index in [0.717, 1.165) is 24.4 Å². The molecule has 38 heavy (non-hydrogen) atoms. The number of pyridine rings is 1. The highest BCUT2D eigenvalue weighted by molar-refractivity contribution is 6.32. The zero-order valence-electron chi connectivity index (χ0n) is 18.4. The molecule has 1 aliphatic rings. The molecular weight excluding hydrogens is 580 g/mol. The van der Waals surface area contributed by atoms with Crippen LogP contribution in [-0.2, 0) is 14.3 Å². The van der Waals surface area contributed by atoms with Gasteiger partial charge in [-0.3, -0.25) is 10.1 Å². The van der Waals surface area contributed by atoms with Gasteiger partial charge in [0, 0.05) is 12.1 Å². The van der Waals surface area contributed by atoms with Gasteiger partial charge in [-0.15, -0.1) is 0 Å². The molecule has 17 heteroatoms. The number of hydrogen-bond acceptors (Lipinski definition) is 8. The van der Waals surface area contributed by atoms with Gasteiger partial charge in [0.05, 0.1) is 22.8 Å². The van der Waals surface area contributed by atoms with Gasteiger partial charge in [0.2, 0.25) is 5.88 Å². The van der Waals surface area contributed by atoms with E-state index in [1.54, 1.807) is 0 Å². The van der Waals surface area contributed by atoms with Crippen LogP contribution in [0.1, 0.15) is 23.2 Å². The van der Waals surface area contributed by atoms with Gasteiger partial charge in [-0.2, -0.15) is 26.3 Å². The third-order valence-electron chi connectivity index (χ3n) is 4.84. The second kappa shape index (κ2) is 11.3. The van der Waals surface area contributed by atoms with Gasteiger partial charge in [0.15, 0.2) is 12.4 Å². The monoisotopic (exact) mass is 592 g/mol. The molecule has 2 atom stereocenters. The fraction of sp³-hybridized carbons (Fsp3) is 0.333. The molecule has 1 aliphatic heterocycles. The molecule has 0 amide bonds. The Morgan fingerprint density at radius 2 is 1.66 bits per heavy atom. The highest BCUT2D eigenvalue weighted by Crippen LogP contribution is 2.35. The molecule has 3 rings (SSSR count). The smallest absolute Gasteiger partial charge is 0.467 e. The molecule has 1 aromatic heterocycles. The van der Waals surface area contributed by atoms with Crippen LogP contribution >= 0.6 is 23.2 Å². The van der Waals surface area contributed by atoms with Crippen molar-refractivity contribution in [2.24, 2.45) is 0 Å². The minimum Gasteiger partial charge on any atom is -0.467 e. The maximum Gasteiger partial charge on any atom is 0.491 e. The molecule has 1 N–H and O–H groups in total. The summed E-state index contributed by atoms with van der Waals surface area (Å²) in [7, 11) is 0. The van der Waals surface area contributed by atoms with Crippen molar-refractivity contribution in [2.75, 3.05) is 6.61 Å². The lowest BCUT2D eigenvalue weighted by Crippen LogP contribution is -2.42. The summed E-state index contributed by atoms with van der Waals surface area (Å²) >= 11 is 11.9. The fourth-order valence-corrected chi connectivity index (χ4v) is 3.60. The van der Waals surface area contributed by atoms with Gasteiger partial charge >= 0.3 is 24.3 Å². The standard InChI is InChI=1S/C21H13Cl2F7N2O6/c22-10-4-9(16(33)13-1-2-14(32-13)18(34)38-19(35)21(28,29)30)12(24)5-15(10)37-8-3-11(23)17(31-6-8)36-7-20(25,26)27/h3-6,13-14,32H,1-2,7H2. The fourth-order valence-electron chi connectivity index (χ4n) is 3.19. The van der Waals surface area contributed by atoms with Gasteiger partial charge in [0.25, 0.3) is 0 Å². The number of carbonyl (C=O) groups excluding carboxylic acids is 3. The number of benzene rings is 1. The van der Waals surface area contributed by atoms with Crippen molar-refractivity contribution in [3.05, 3.63) is 45.8 Å². The Labute approximate surface area is 217 Å². The van der Waals surface area contributed by atoms with E-state index in [2.05, 4.69) is 19.8 Å². The van der Waals surface area contributed by atoms with Crippen LogP contribution in [0.5, 0.6) is 17.4 Å². The third kappa shape index (κ3) is 7.45. The van der Waals surface area contributed by atoms with Crippen molar-refractivity contribution in [1.82, 2.24) is 10.3 Å². The zero-order valence-corrected chi connectivity index (χ0v) is 19.9. The molecule has 1 saturated heterocycles. The predicted molar refractivity (Wildman–Crippen MR) is 114 cm³/mol. The molecule has 0 spiro atoms. The molecule has 0 radical (unpaired) electrons. The lowest BCUT2D eigenvalue weighted by molar-refractivity contribution is -0.202. The highest BCUT2D eigenvalue weighted by atomic mass is 35.5. The van der Waals surface area contributed by atoms with Gasteiger partial charge < -0.3 is 14.2 Å². The Morgan fingerprint density at radius 3 is 2.26 bits per heavy atom. The summed E-state index contributed by atoms with van der Waals surface area (Å²) in [5, 5.41) is 1.75. The summed E-state index contributed by atoms with van der Waals surface area (Å²) in [5.74, 6) is -7.32. The Hall–Kier alpha value is -3.17. The van der Waals surface area contributed by atoms with Crippen molar-refractivity contribution in [2.45, 2.75) is 37.3 Å². The lowest BCUT2D eigenvalue weighted by atomic mass is 10.0. The summed E-state index contributed by atoms with van der Waals surface area (Å²) in [4.78, 5) is 38.9. The Bertz CT molecular complexity index is 1260. The van der Waals surface area contributed by atoms with Crippen molar-refractivity contribution >= 4 is 40.9 Å². The van der Waals surface area contributed by atoms with Gasteiger partial charge in [0.1, 0.15) is 28.4 Å². The maximum absolute atomic E-state index is 14.7. The predicted octanol–water partition coefficient (Wildman–Crippen LogP) is 5.20. The van der Waals surface area contributed by atoms with Crippen molar-refractivity contribution in [3.8, 4) is 17.4 Å². The minimum absolute atomic E-state index is 0.0962. The number of nitrogens with one attached hydrogen (secondary N) is 1. The number of halogens is 9. The van der Waals surface area contributed by atoms with E-state index >= 15 is 0 Å². The average Bonchev–Trinajstić information content (AvgIpc) is 3.29. The Morgan fingerprint density at radius 1 is 1.00 bits per heavy atom. The Kier molecular flexibility index (Phi) is 8.73. The quantitative estimate of drug-likeness (QED) is 0.203. The zero-order chi connectivity index (χ0) is 28.4. The molecule has 2 aromatic rings. The van der Waals surface area contributed by atoms with Crippen LogP contribution in [0.2, 0.25) is 10.0 Å². The molecule has 2 unspecified atom stereocenters. The molecule has 8 nitrogen and oxygen atoms in total. The first-order valence-corrected chi connectivity index (χ1v) is 11.0. The largest absolute Gasteiger partial charge is 0.491 e. The minimum atomic E-state index is -5.39. The molecule has 0 aliphatic carbocycles. The van der Waals surface area contributed by atoms with Gasteiger partial charge in [-0.05, 0) is 18.9 Å². The first-order valence-electron chi connectivity index (χ1n) is 10.2. The number of alkyl halides is 6. The second-order valence-corrected chi connectivity index (χ2v) is 8.46. The number of Topliss-reactive ketones (excluding diaryl/α,β-unsaturated/α-hetero) is 1. The molecule has 0 saturated carbocycles. The van der Waals surface area contributed by atoms with E-state index in [9.17, 15) is 45.1 Å². The average molecular weight is 593 g/mol. The van der Waals surface area contributed by atoms with E-state index in [0.29, 0.717) is 0 Å². The highest BCUT2D eigenvalue weighted by Gasteiger charge is 2.44. The molecule has 206 valence electrons.